The van der Waals surface area contributed by atoms with E-state index < -0.39 is 0 Å². The van der Waals surface area contributed by atoms with Crippen molar-refractivity contribution < 1.29 is 0 Å². The first-order valence-corrected chi connectivity index (χ1v) is 5.86. The molecule has 0 aliphatic heterocycles. The molecule has 0 aliphatic carbocycles. The van der Waals surface area contributed by atoms with E-state index in [1.807, 2.05) is 0 Å². The van der Waals surface area contributed by atoms with Gasteiger partial charge in [0.1, 0.15) is 0 Å². The molecule has 0 bridgehead atoms. The van der Waals surface area contributed by atoms with Crippen LogP contribution in [0.5, 0.6) is 0 Å². The maximum atomic E-state index is 2.84. The Bertz CT molecular complexity index is 311. The Morgan fingerprint density at radius 1 is 1.14 bits per heavy atom. The van der Waals surface area contributed by atoms with Crippen LogP contribution in [0, 0.1) is 26.7 Å². The normalized spacial score (nSPS) is 11.1. The minimum atomic E-state index is 0.735. The largest absolute Gasteiger partial charge is 0.105 e. The zero-order chi connectivity index (χ0) is 10.9. The summed E-state index contributed by atoms with van der Waals surface area (Å²) in [5, 5.41) is 1.35. The van der Waals surface area contributed by atoms with Gasteiger partial charge in [-0.25, -0.2) is 0 Å². The number of hydrogen-bond donors (Lipinski definition) is 0. The third-order valence-electron chi connectivity index (χ3n) is 2.91. The van der Waals surface area contributed by atoms with Crippen LogP contribution in [-0.4, -0.2) is 0 Å². The summed E-state index contributed by atoms with van der Waals surface area (Å²) in [6.45, 7) is 11.2. The molecule has 1 heteroatoms. The van der Waals surface area contributed by atoms with Crippen LogP contribution in [0.15, 0.2) is 6.07 Å². The van der Waals surface area contributed by atoms with Crippen LogP contribution in [0.2, 0.25) is 0 Å². The van der Waals surface area contributed by atoms with Gasteiger partial charge in [0, 0.05) is 0 Å². The smallest absolute Gasteiger partial charge is 0.0250 e. The van der Waals surface area contributed by atoms with Crippen molar-refractivity contribution in [1.82, 2.24) is 0 Å². The van der Waals surface area contributed by atoms with Crippen LogP contribution in [0.4, 0.5) is 0 Å². The van der Waals surface area contributed by atoms with Crippen molar-refractivity contribution in [2.75, 3.05) is 0 Å². The molecule has 0 radical (unpaired) electrons. The maximum absolute atomic E-state index is 2.84. The fraction of sp³-hybridized carbons (Fsp3) is 0.538. The third-order valence-corrected chi connectivity index (χ3v) is 3.51. The summed E-state index contributed by atoms with van der Waals surface area (Å²) < 4.78 is 0. The summed E-state index contributed by atoms with van der Waals surface area (Å²) in [5.74, 6) is 0.735. The molecule has 1 aromatic carbocycles. The molecule has 1 atom stereocenters. The second-order valence-electron chi connectivity index (χ2n) is 4.61. The van der Waals surface area contributed by atoms with Crippen LogP contribution < -0.4 is 5.30 Å². The minimum absolute atomic E-state index is 0.735. The van der Waals surface area contributed by atoms with Gasteiger partial charge in [0.15, 0.2) is 0 Å². The van der Waals surface area contributed by atoms with Gasteiger partial charge in [-0.15, -0.1) is 9.24 Å². The van der Waals surface area contributed by atoms with Crippen molar-refractivity contribution >= 4 is 14.5 Å². The Morgan fingerprint density at radius 2 is 1.71 bits per heavy atom. The second-order valence-corrected chi connectivity index (χ2v) is 5.23. The Labute approximate surface area is 90.3 Å². The van der Waals surface area contributed by atoms with Gasteiger partial charge in [-0.1, -0.05) is 19.9 Å². The molecule has 0 spiro atoms. The van der Waals surface area contributed by atoms with Gasteiger partial charge < -0.3 is 0 Å². The van der Waals surface area contributed by atoms with E-state index in [0.29, 0.717) is 0 Å². The highest BCUT2D eigenvalue weighted by molar-refractivity contribution is 7.27. The Balaban J connectivity index is 3.25. The Morgan fingerprint density at radius 3 is 2.21 bits per heavy atom. The molecule has 1 unspecified atom stereocenters. The van der Waals surface area contributed by atoms with Crippen molar-refractivity contribution in [1.29, 1.82) is 0 Å². The second kappa shape index (κ2) is 4.45. The first-order valence-electron chi connectivity index (χ1n) is 5.28. The molecule has 0 saturated heterocycles. The van der Waals surface area contributed by atoms with Crippen LogP contribution in [-0.2, 0) is 6.42 Å². The zero-order valence-electron chi connectivity index (χ0n) is 9.94. The van der Waals surface area contributed by atoms with Crippen molar-refractivity contribution in [3.63, 3.8) is 0 Å². The van der Waals surface area contributed by atoms with Crippen molar-refractivity contribution in [3.05, 3.63) is 28.3 Å². The minimum Gasteiger partial charge on any atom is -0.105 e. The highest BCUT2D eigenvalue weighted by Gasteiger charge is 2.09. The fourth-order valence-corrected chi connectivity index (χ4v) is 2.28. The van der Waals surface area contributed by atoms with Gasteiger partial charge in [0.25, 0.3) is 0 Å². The van der Waals surface area contributed by atoms with Gasteiger partial charge in [-0.3, -0.25) is 0 Å². The lowest BCUT2D eigenvalue weighted by Gasteiger charge is -2.16. The van der Waals surface area contributed by atoms with Crippen LogP contribution >= 0.6 is 9.24 Å². The Hall–Kier alpha value is -0.350. The molecular formula is C13H21P. The van der Waals surface area contributed by atoms with Gasteiger partial charge in [-0.2, -0.15) is 0 Å². The average Bonchev–Trinajstić information content (AvgIpc) is 2.09. The SMILES string of the molecule is Cc1cc(P)c(C)c(CC(C)C)c1C. The fourth-order valence-electron chi connectivity index (χ4n) is 1.86. The van der Waals surface area contributed by atoms with Crippen molar-refractivity contribution in [2.24, 2.45) is 5.92 Å². The van der Waals surface area contributed by atoms with Crippen LogP contribution in [0.1, 0.15) is 36.1 Å². The van der Waals surface area contributed by atoms with E-state index in [-0.39, 0.29) is 0 Å². The van der Waals surface area contributed by atoms with Crippen molar-refractivity contribution in [2.45, 2.75) is 41.0 Å². The van der Waals surface area contributed by atoms with Gasteiger partial charge in [-0.05, 0) is 60.7 Å². The standard InChI is InChI=1S/C13H21P/c1-8(2)6-12-10(4)9(3)7-13(14)11(12)5/h7-8H,6,14H2,1-5H3. The number of rotatable bonds is 2. The van der Waals surface area contributed by atoms with E-state index in [9.17, 15) is 0 Å². The van der Waals surface area contributed by atoms with E-state index in [1.54, 1.807) is 5.56 Å². The highest BCUT2D eigenvalue weighted by Crippen LogP contribution is 2.20. The van der Waals surface area contributed by atoms with E-state index in [2.05, 4.69) is 49.9 Å². The molecule has 0 saturated carbocycles. The number of hydrogen-bond acceptors (Lipinski definition) is 0. The van der Waals surface area contributed by atoms with Crippen molar-refractivity contribution in [3.8, 4) is 0 Å². The molecule has 0 aliphatic rings. The molecule has 14 heavy (non-hydrogen) atoms. The first kappa shape index (κ1) is 11.7. The number of benzene rings is 1. The molecule has 0 amide bonds. The predicted molar refractivity (Wildman–Crippen MR) is 68.5 cm³/mol. The lowest BCUT2D eigenvalue weighted by Crippen LogP contribution is -2.09. The van der Waals surface area contributed by atoms with E-state index in [0.717, 1.165) is 5.92 Å². The quantitative estimate of drug-likeness (QED) is 0.654. The molecule has 0 aromatic heterocycles. The van der Waals surface area contributed by atoms with E-state index in [1.165, 1.54) is 28.4 Å². The van der Waals surface area contributed by atoms with E-state index >= 15 is 0 Å². The summed E-state index contributed by atoms with van der Waals surface area (Å²) in [7, 11) is 2.84. The summed E-state index contributed by atoms with van der Waals surface area (Å²) in [6.07, 6.45) is 1.20. The lowest BCUT2D eigenvalue weighted by molar-refractivity contribution is 0.642. The monoisotopic (exact) mass is 208 g/mol. The molecule has 0 N–H and O–H groups in total. The summed E-state index contributed by atoms with van der Waals surface area (Å²) >= 11 is 0. The summed E-state index contributed by atoms with van der Waals surface area (Å²) in [6, 6.07) is 2.26. The summed E-state index contributed by atoms with van der Waals surface area (Å²) in [5.41, 5.74) is 5.88. The third kappa shape index (κ3) is 2.36. The van der Waals surface area contributed by atoms with Gasteiger partial charge in [0.05, 0.1) is 0 Å². The van der Waals surface area contributed by atoms with Crippen LogP contribution in [0.3, 0.4) is 0 Å². The predicted octanol–water partition coefficient (Wildman–Crippen LogP) is 3.31. The number of aryl methyl sites for hydroxylation is 1. The molecule has 78 valence electrons. The lowest BCUT2D eigenvalue weighted by atomic mass is 9.92. The maximum Gasteiger partial charge on any atom is -0.0250 e. The molecule has 0 heterocycles. The average molecular weight is 208 g/mol. The topological polar surface area (TPSA) is 0 Å². The highest BCUT2D eigenvalue weighted by atomic mass is 31.0. The van der Waals surface area contributed by atoms with E-state index in [4.69, 9.17) is 0 Å². The van der Waals surface area contributed by atoms with Gasteiger partial charge in [0.2, 0.25) is 0 Å². The first-order chi connectivity index (χ1) is 6.43. The Kier molecular flexibility index (Phi) is 3.72. The summed E-state index contributed by atoms with van der Waals surface area (Å²) in [4.78, 5) is 0. The molecule has 1 aromatic rings. The molecule has 0 nitrogen and oxygen atoms in total. The molecule has 0 fully saturated rings. The molecular weight excluding hydrogens is 187 g/mol. The zero-order valence-corrected chi connectivity index (χ0v) is 11.1. The molecule has 1 rings (SSSR count). The van der Waals surface area contributed by atoms with Gasteiger partial charge >= 0.3 is 0 Å². The van der Waals surface area contributed by atoms with Crippen LogP contribution in [0.25, 0.3) is 0 Å².